The van der Waals surface area contributed by atoms with Crippen LogP contribution in [0.5, 0.6) is 0 Å². The summed E-state index contributed by atoms with van der Waals surface area (Å²) in [6.45, 7) is 15.5. The van der Waals surface area contributed by atoms with Gasteiger partial charge in [-0.1, -0.05) is 56.4 Å². The number of morpholine rings is 1. The number of ether oxygens (including phenoxy) is 1. The molecule has 0 atom stereocenters. The van der Waals surface area contributed by atoms with Gasteiger partial charge in [-0.3, -0.25) is 14.6 Å². The summed E-state index contributed by atoms with van der Waals surface area (Å²) in [6.07, 6.45) is 0. The van der Waals surface area contributed by atoms with Crippen molar-refractivity contribution in [1.29, 1.82) is 0 Å². The lowest BCUT2D eigenvalue weighted by Crippen LogP contribution is -2.43. The minimum absolute atomic E-state index is 0.00748. The summed E-state index contributed by atoms with van der Waals surface area (Å²) < 4.78 is 6.64. The highest BCUT2D eigenvalue weighted by atomic mass is 32.1. The van der Waals surface area contributed by atoms with Crippen molar-refractivity contribution in [3.63, 3.8) is 0 Å². The highest BCUT2D eigenvalue weighted by Gasteiger charge is 2.24. The smallest absolute Gasteiger partial charge is 0.260 e. The second-order valence-electron chi connectivity index (χ2n) is 9.61. The largest absolute Gasteiger partial charge is 0.379 e. The molecule has 2 aromatic carbocycles. The van der Waals surface area contributed by atoms with Crippen molar-refractivity contribution in [2.45, 2.75) is 40.0 Å². The number of nitrogens with zero attached hydrogens (tertiary/aromatic N) is 3. The third kappa shape index (κ3) is 4.87. The van der Waals surface area contributed by atoms with Gasteiger partial charge in [0.05, 0.1) is 23.4 Å². The summed E-state index contributed by atoms with van der Waals surface area (Å²) in [6, 6.07) is 12.3. The molecule has 32 heavy (non-hydrogen) atoms. The summed E-state index contributed by atoms with van der Waals surface area (Å²) in [4.78, 5) is 22.8. The van der Waals surface area contributed by atoms with Crippen LogP contribution >= 0.6 is 11.3 Å². The fourth-order valence-corrected chi connectivity index (χ4v) is 5.12. The number of rotatable bonds is 5. The van der Waals surface area contributed by atoms with Gasteiger partial charge in [0, 0.05) is 31.7 Å². The monoisotopic (exact) mass is 451 g/mol. The average molecular weight is 452 g/mol. The maximum absolute atomic E-state index is 13.7. The van der Waals surface area contributed by atoms with Crippen molar-refractivity contribution >= 4 is 32.6 Å². The van der Waals surface area contributed by atoms with Gasteiger partial charge in [-0.25, -0.2) is 4.98 Å². The molecule has 2 heterocycles. The first-order chi connectivity index (χ1) is 15.2. The zero-order chi connectivity index (χ0) is 22.9. The number of hydrogen-bond donors (Lipinski definition) is 0. The average Bonchev–Trinajstić information content (AvgIpc) is 3.23. The van der Waals surface area contributed by atoms with Crippen molar-refractivity contribution in [3.8, 4) is 0 Å². The van der Waals surface area contributed by atoms with Crippen molar-refractivity contribution < 1.29 is 9.53 Å². The molecule has 3 aromatic rings. The second kappa shape index (κ2) is 9.30. The Balaban J connectivity index is 1.66. The number of hydrogen-bond acceptors (Lipinski definition) is 5. The van der Waals surface area contributed by atoms with Crippen LogP contribution in [0.3, 0.4) is 0 Å². The molecule has 0 aliphatic carbocycles. The van der Waals surface area contributed by atoms with E-state index in [-0.39, 0.29) is 11.3 Å². The summed E-state index contributed by atoms with van der Waals surface area (Å²) in [5.41, 5.74) is 5.32. The van der Waals surface area contributed by atoms with Crippen LogP contribution in [0.25, 0.3) is 10.2 Å². The molecule has 0 bridgehead atoms. The molecular formula is C26H33N3O2S. The van der Waals surface area contributed by atoms with Gasteiger partial charge in [0.15, 0.2) is 5.13 Å². The molecule has 0 N–H and O–H groups in total. The predicted octanol–water partition coefficient (Wildman–Crippen LogP) is 5.19. The molecule has 0 spiro atoms. The summed E-state index contributed by atoms with van der Waals surface area (Å²) in [5, 5.41) is 0.774. The van der Waals surface area contributed by atoms with Crippen LogP contribution < -0.4 is 4.90 Å². The summed E-state index contributed by atoms with van der Waals surface area (Å²) in [7, 11) is 0. The lowest BCUT2D eigenvalue weighted by atomic mass is 9.86. The molecule has 1 saturated heterocycles. The SMILES string of the molecule is Cc1ccc(C)c2sc(N(CCN3CCOCC3)C(=O)c3ccc(C(C)(C)C)cc3)nc12. The fraction of sp³-hybridized carbons (Fsp3) is 0.462. The first-order valence-corrected chi connectivity index (χ1v) is 12.1. The first-order valence-electron chi connectivity index (χ1n) is 11.3. The van der Waals surface area contributed by atoms with E-state index < -0.39 is 0 Å². The van der Waals surface area contributed by atoms with Gasteiger partial charge >= 0.3 is 0 Å². The number of fused-ring (bicyclic) bond motifs is 1. The van der Waals surface area contributed by atoms with E-state index in [1.54, 1.807) is 11.3 Å². The van der Waals surface area contributed by atoms with E-state index in [0.717, 1.165) is 53.8 Å². The minimum atomic E-state index is 0.00748. The van der Waals surface area contributed by atoms with Gasteiger partial charge in [0.1, 0.15) is 0 Å². The third-order valence-electron chi connectivity index (χ3n) is 6.15. The Hall–Kier alpha value is -2.28. The highest BCUT2D eigenvalue weighted by Crippen LogP contribution is 2.34. The Morgan fingerprint density at radius 3 is 2.34 bits per heavy atom. The van der Waals surface area contributed by atoms with E-state index in [2.05, 4.69) is 63.8 Å². The fourth-order valence-electron chi connectivity index (χ4n) is 3.98. The quantitative estimate of drug-likeness (QED) is 0.536. The highest BCUT2D eigenvalue weighted by molar-refractivity contribution is 7.22. The number of carbonyl (C=O) groups excluding carboxylic acids is 1. The van der Waals surface area contributed by atoms with Crippen LogP contribution in [0.2, 0.25) is 0 Å². The van der Waals surface area contributed by atoms with E-state index >= 15 is 0 Å². The van der Waals surface area contributed by atoms with E-state index in [9.17, 15) is 4.79 Å². The number of amides is 1. The molecule has 1 aromatic heterocycles. The lowest BCUT2D eigenvalue weighted by molar-refractivity contribution is 0.0391. The molecule has 1 amide bonds. The van der Waals surface area contributed by atoms with Crippen LogP contribution in [-0.4, -0.2) is 55.2 Å². The first kappa shape index (κ1) is 22.9. The van der Waals surface area contributed by atoms with Gasteiger partial charge in [0.2, 0.25) is 0 Å². The predicted molar refractivity (Wildman–Crippen MR) is 133 cm³/mol. The van der Waals surface area contributed by atoms with Crippen molar-refractivity contribution in [3.05, 3.63) is 58.7 Å². The zero-order valence-corrected chi connectivity index (χ0v) is 20.6. The molecule has 1 aliphatic heterocycles. The molecule has 1 fully saturated rings. The maximum Gasteiger partial charge on any atom is 0.260 e. The molecule has 0 radical (unpaired) electrons. The Morgan fingerprint density at radius 2 is 1.72 bits per heavy atom. The Morgan fingerprint density at radius 1 is 1.06 bits per heavy atom. The van der Waals surface area contributed by atoms with Crippen LogP contribution in [0.1, 0.15) is 47.8 Å². The molecule has 5 nitrogen and oxygen atoms in total. The summed E-state index contributed by atoms with van der Waals surface area (Å²) >= 11 is 1.61. The van der Waals surface area contributed by atoms with E-state index in [0.29, 0.717) is 12.1 Å². The number of anilines is 1. The van der Waals surface area contributed by atoms with Crippen molar-refractivity contribution in [2.24, 2.45) is 0 Å². The Labute approximate surface area is 195 Å². The van der Waals surface area contributed by atoms with Crippen LogP contribution in [0.15, 0.2) is 36.4 Å². The van der Waals surface area contributed by atoms with Crippen LogP contribution in [0, 0.1) is 13.8 Å². The molecular weight excluding hydrogens is 418 g/mol. The normalized spacial score (nSPS) is 15.3. The number of thiazole rings is 1. The Bertz CT molecular complexity index is 1050. The topological polar surface area (TPSA) is 45.7 Å². The van der Waals surface area contributed by atoms with E-state index in [1.165, 1.54) is 11.1 Å². The molecule has 0 saturated carbocycles. The van der Waals surface area contributed by atoms with Crippen LogP contribution in [-0.2, 0) is 10.2 Å². The van der Waals surface area contributed by atoms with E-state index in [4.69, 9.17) is 9.72 Å². The Kier molecular flexibility index (Phi) is 6.65. The van der Waals surface area contributed by atoms with Gasteiger partial charge in [-0.15, -0.1) is 0 Å². The third-order valence-corrected chi connectivity index (χ3v) is 7.36. The molecule has 1 aliphatic rings. The molecule has 6 heteroatoms. The molecule has 0 unspecified atom stereocenters. The molecule has 4 rings (SSSR count). The second-order valence-corrected chi connectivity index (χ2v) is 10.6. The minimum Gasteiger partial charge on any atom is -0.379 e. The summed E-state index contributed by atoms with van der Waals surface area (Å²) in [5.74, 6) is 0.00748. The van der Waals surface area contributed by atoms with E-state index in [1.807, 2.05) is 17.0 Å². The maximum atomic E-state index is 13.7. The van der Waals surface area contributed by atoms with Crippen LogP contribution in [0.4, 0.5) is 5.13 Å². The number of carbonyl (C=O) groups is 1. The number of aromatic nitrogens is 1. The van der Waals surface area contributed by atoms with Crippen molar-refractivity contribution in [2.75, 3.05) is 44.3 Å². The standard InChI is InChI=1S/C26H33N3O2S/c1-18-6-7-19(2)23-22(18)27-25(32-23)29(13-12-28-14-16-31-17-15-28)24(30)20-8-10-21(11-9-20)26(3,4)5/h6-11H,12-17H2,1-5H3. The van der Waals surface area contributed by atoms with Gasteiger partial charge in [-0.05, 0) is 48.1 Å². The molecule has 170 valence electrons. The van der Waals surface area contributed by atoms with Gasteiger partial charge < -0.3 is 4.74 Å². The van der Waals surface area contributed by atoms with Gasteiger partial charge in [-0.2, -0.15) is 0 Å². The lowest BCUT2D eigenvalue weighted by Gasteiger charge is -2.29. The number of aryl methyl sites for hydroxylation is 2. The number of benzene rings is 2. The van der Waals surface area contributed by atoms with Gasteiger partial charge in [0.25, 0.3) is 5.91 Å². The van der Waals surface area contributed by atoms with Crippen molar-refractivity contribution in [1.82, 2.24) is 9.88 Å². The zero-order valence-electron chi connectivity index (χ0n) is 19.8.